The Labute approximate surface area is 169 Å². The number of benzene rings is 2. The number of carbonyl (C=O) groups excluding carboxylic acids is 2. The molecule has 0 bridgehead atoms. The average Bonchev–Trinajstić information content (AvgIpc) is 2.72. The predicted octanol–water partition coefficient (Wildman–Crippen LogP) is 4.26. The molecule has 3 rings (SSSR count). The van der Waals surface area contributed by atoms with Gasteiger partial charge in [-0.15, -0.1) is 18.3 Å². The molecule has 0 spiro atoms. The highest BCUT2D eigenvalue weighted by Crippen LogP contribution is 2.34. The Balaban J connectivity index is 1.62. The van der Waals surface area contributed by atoms with E-state index in [0.29, 0.717) is 18.7 Å². The van der Waals surface area contributed by atoms with E-state index in [-0.39, 0.29) is 37.0 Å². The van der Waals surface area contributed by atoms with Crippen LogP contribution in [0.3, 0.4) is 0 Å². The molecule has 0 aromatic heterocycles. The summed E-state index contributed by atoms with van der Waals surface area (Å²) in [7, 11) is 0. The number of amides is 2. The minimum atomic E-state index is -0.345. The van der Waals surface area contributed by atoms with E-state index in [0.717, 1.165) is 16.3 Å². The molecule has 0 saturated carbocycles. The molecule has 1 aliphatic heterocycles. The molecule has 0 aliphatic carbocycles. The average molecular weight is 399 g/mol. The fraction of sp³-hybridized carbons (Fsp3) is 0.273. The van der Waals surface area contributed by atoms with Crippen LogP contribution >= 0.6 is 11.8 Å². The zero-order valence-electron chi connectivity index (χ0n) is 15.6. The van der Waals surface area contributed by atoms with Crippen molar-refractivity contribution in [2.45, 2.75) is 24.3 Å². The molecule has 2 amide bonds. The third-order valence-electron chi connectivity index (χ3n) is 4.60. The number of fused-ring (bicyclic) bond motifs is 1. The van der Waals surface area contributed by atoms with Crippen LogP contribution in [0, 0.1) is 5.82 Å². The molecule has 0 radical (unpaired) electrons. The maximum absolute atomic E-state index is 13.9. The summed E-state index contributed by atoms with van der Waals surface area (Å²) in [5.74, 6) is 0.247. The van der Waals surface area contributed by atoms with Crippen molar-refractivity contribution in [2.24, 2.45) is 0 Å². The van der Waals surface area contributed by atoms with E-state index in [1.54, 1.807) is 40.9 Å². The molecule has 4 nitrogen and oxygen atoms in total. The number of rotatable bonds is 7. The van der Waals surface area contributed by atoms with Gasteiger partial charge in [-0.2, -0.15) is 0 Å². The summed E-state index contributed by atoms with van der Waals surface area (Å²) in [6, 6.07) is 14.2. The third-order valence-corrected chi connectivity index (χ3v) is 5.65. The van der Waals surface area contributed by atoms with E-state index >= 15 is 0 Å². The Morgan fingerprint density at radius 1 is 1.14 bits per heavy atom. The van der Waals surface area contributed by atoms with Crippen LogP contribution in [0.5, 0.6) is 0 Å². The lowest BCUT2D eigenvalue weighted by Gasteiger charge is -2.29. The normalized spacial score (nSPS) is 13.0. The number of halogens is 1. The molecule has 0 saturated heterocycles. The largest absolute Gasteiger partial charge is 0.335 e. The van der Waals surface area contributed by atoms with Crippen LogP contribution in [-0.2, 0) is 16.1 Å². The van der Waals surface area contributed by atoms with Gasteiger partial charge in [0.2, 0.25) is 11.8 Å². The molecule has 0 fully saturated rings. The van der Waals surface area contributed by atoms with Crippen molar-refractivity contribution in [3.05, 3.63) is 72.6 Å². The summed E-state index contributed by atoms with van der Waals surface area (Å²) in [6.45, 7) is 4.79. The van der Waals surface area contributed by atoms with E-state index < -0.39 is 0 Å². The molecule has 6 heteroatoms. The molecule has 0 unspecified atom stereocenters. The molecular formula is C22H23FN2O2S. The lowest BCUT2D eigenvalue weighted by molar-refractivity contribution is -0.133. The first-order valence-corrected chi connectivity index (χ1v) is 10.2. The summed E-state index contributed by atoms with van der Waals surface area (Å²) >= 11 is 1.73. The van der Waals surface area contributed by atoms with Gasteiger partial charge < -0.3 is 9.80 Å². The van der Waals surface area contributed by atoms with Crippen molar-refractivity contribution in [1.82, 2.24) is 4.90 Å². The first kappa shape index (κ1) is 20.1. The van der Waals surface area contributed by atoms with Crippen LogP contribution in [0.15, 0.2) is 66.1 Å². The van der Waals surface area contributed by atoms with Crippen molar-refractivity contribution >= 4 is 29.3 Å². The van der Waals surface area contributed by atoms with E-state index in [1.807, 2.05) is 24.3 Å². The second kappa shape index (κ2) is 9.55. The van der Waals surface area contributed by atoms with Gasteiger partial charge in [0.25, 0.3) is 0 Å². The summed E-state index contributed by atoms with van der Waals surface area (Å²) in [4.78, 5) is 29.8. The van der Waals surface area contributed by atoms with Crippen molar-refractivity contribution in [2.75, 3.05) is 23.7 Å². The SMILES string of the molecule is C=CCN(Cc1ccccc1F)C(=O)CCC(=O)N1CCSc2ccccc21. The smallest absolute Gasteiger partial charge is 0.227 e. The van der Waals surface area contributed by atoms with Crippen molar-refractivity contribution in [1.29, 1.82) is 0 Å². The van der Waals surface area contributed by atoms with Gasteiger partial charge in [0.05, 0.1) is 5.69 Å². The first-order chi connectivity index (χ1) is 13.6. The molecule has 2 aromatic rings. The van der Waals surface area contributed by atoms with Crippen LogP contribution in [0.4, 0.5) is 10.1 Å². The minimum absolute atomic E-state index is 0.0643. The van der Waals surface area contributed by atoms with Gasteiger partial charge in [0, 0.05) is 48.7 Å². The monoisotopic (exact) mass is 398 g/mol. The number of thioether (sulfide) groups is 1. The topological polar surface area (TPSA) is 40.6 Å². The Hall–Kier alpha value is -2.60. The maximum atomic E-state index is 13.9. The van der Waals surface area contributed by atoms with Gasteiger partial charge in [-0.3, -0.25) is 9.59 Å². The molecule has 0 N–H and O–H groups in total. The highest BCUT2D eigenvalue weighted by molar-refractivity contribution is 7.99. The molecule has 1 heterocycles. The van der Waals surface area contributed by atoms with Gasteiger partial charge in [-0.25, -0.2) is 4.39 Å². The Morgan fingerprint density at radius 2 is 1.89 bits per heavy atom. The number of anilines is 1. The summed E-state index contributed by atoms with van der Waals surface area (Å²) in [5, 5.41) is 0. The predicted molar refractivity (Wildman–Crippen MR) is 111 cm³/mol. The zero-order chi connectivity index (χ0) is 19.9. The van der Waals surface area contributed by atoms with Crippen LogP contribution < -0.4 is 4.90 Å². The van der Waals surface area contributed by atoms with E-state index in [1.165, 1.54) is 11.0 Å². The van der Waals surface area contributed by atoms with E-state index in [2.05, 4.69) is 6.58 Å². The molecular weight excluding hydrogens is 375 g/mol. The summed E-state index contributed by atoms with van der Waals surface area (Å²) < 4.78 is 13.9. The number of hydrogen-bond donors (Lipinski definition) is 0. The van der Waals surface area contributed by atoms with Crippen molar-refractivity contribution < 1.29 is 14.0 Å². The van der Waals surface area contributed by atoms with Gasteiger partial charge in [-0.1, -0.05) is 36.4 Å². The van der Waals surface area contributed by atoms with E-state index in [4.69, 9.17) is 0 Å². The van der Waals surface area contributed by atoms with E-state index in [9.17, 15) is 14.0 Å². The minimum Gasteiger partial charge on any atom is -0.335 e. The maximum Gasteiger partial charge on any atom is 0.227 e. The zero-order valence-corrected chi connectivity index (χ0v) is 16.5. The fourth-order valence-corrected chi connectivity index (χ4v) is 4.17. The van der Waals surface area contributed by atoms with Gasteiger partial charge >= 0.3 is 0 Å². The molecule has 1 aliphatic rings. The quantitative estimate of drug-likeness (QED) is 0.655. The lowest BCUT2D eigenvalue weighted by Crippen LogP contribution is -2.37. The Kier molecular flexibility index (Phi) is 6.87. The molecule has 2 aromatic carbocycles. The van der Waals surface area contributed by atoms with Gasteiger partial charge in [0.1, 0.15) is 5.82 Å². The van der Waals surface area contributed by atoms with Gasteiger partial charge in [-0.05, 0) is 18.2 Å². The van der Waals surface area contributed by atoms with Crippen LogP contribution in [0.2, 0.25) is 0 Å². The van der Waals surface area contributed by atoms with Crippen LogP contribution in [0.25, 0.3) is 0 Å². The fourth-order valence-electron chi connectivity index (χ4n) is 3.18. The summed E-state index contributed by atoms with van der Waals surface area (Å²) in [6.07, 6.45) is 1.83. The number of hydrogen-bond acceptors (Lipinski definition) is 3. The number of para-hydroxylation sites is 1. The Morgan fingerprint density at radius 3 is 2.68 bits per heavy atom. The van der Waals surface area contributed by atoms with Crippen LogP contribution in [-0.4, -0.2) is 35.6 Å². The standard InChI is InChI=1S/C22H23FN2O2S/c1-2-13-24(16-17-7-3-4-8-18(17)23)21(26)11-12-22(27)25-14-15-28-20-10-6-5-9-19(20)25/h2-10H,1,11-16H2. The highest BCUT2D eigenvalue weighted by atomic mass is 32.2. The third kappa shape index (κ3) is 4.81. The first-order valence-electron chi connectivity index (χ1n) is 9.24. The van der Waals surface area contributed by atoms with Crippen molar-refractivity contribution in [3.8, 4) is 0 Å². The molecule has 0 atom stereocenters. The number of nitrogens with zero attached hydrogens (tertiary/aromatic N) is 2. The van der Waals surface area contributed by atoms with Gasteiger partial charge in [0.15, 0.2) is 0 Å². The second-order valence-electron chi connectivity index (χ2n) is 6.52. The summed E-state index contributed by atoms with van der Waals surface area (Å²) in [5.41, 5.74) is 1.36. The molecule has 28 heavy (non-hydrogen) atoms. The lowest BCUT2D eigenvalue weighted by atomic mass is 10.1. The number of carbonyl (C=O) groups is 2. The second-order valence-corrected chi connectivity index (χ2v) is 7.65. The van der Waals surface area contributed by atoms with Crippen LogP contribution in [0.1, 0.15) is 18.4 Å². The van der Waals surface area contributed by atoms with Crippen molar-refractivity contribution in [3.63, 3.8) is 0 Å². The molecule has 146 valence electrons. The highest BCUT2D eigenvalue weighted by Gasteiger charge is 2.24. The Bertz CT molecular complexity index is 871.